The first-order chi connectivity index (χ1) is 23.8. The van der Waals surface area contributed by atoms with Gasteiger partial charge in [-0.15, -0.1) is 0 Å². The normalized spacial score (nSPS) is 53.5. The predicted molar refractivity (Wildman–Crippen MR) is 164 cm³/mol. The van der Waals surface area contributed by atoms with Crippen LogP contribution >= 0.6 is 0 Å². The summed E-state index contributed by atoms with van der Waals surface area (Å²) in [6.07, 6.45) is 6.88. The molecule has 0 radical (unpaired) electrons. The quantitative estimate of drug-likeness (QED) is 0.178. The van der Waals surface area contributed by atoms with E-state index in [-0.39, 0.29) is 93.1 Å². The van der Waals surface area contributed by atoms with Gasteiger partial charge < -0.3 is 33.9 Å². The molecule has 1 spiro atoms. The Morgan fingerprint density at radius 1 is 0.765 bits per heavy atom. The van der Waals surface area contributed by atoms with Gasteiger partial charge in [-0.25, -0.2) is 4.79 Å². The molecule has 0 aromatic carbocycles. The Kier molecular flexibility index (Phi) is 6.46. The number of hydrogen-bond donors (Lipinski definition) is 3. The van der Waals surface area contributed by atoms with Crippen LogP contribution in [0.5, 0.6) is 0 Å². The van der Waals surface area contributed by atoms with Crippen LogP contribution in [-0.4, -0.2) is 95.4 Å². The highest BCUT2D eigenvalue weighted by molar-refractivity contribution is 7.87. The molecule has 11 fully saturated rings. The van der Waals surface area contributed by atoms with E-state index in [1.807, 2.05) is 0 Å². The molecular formula is C35H44F2O13S. The van der Waals surface area contributed by atoms with E-state index in [4.69, 9.17) is 28.2 Å². The molecule has 1 saturated heterocycles. The molecule has 0 aromatic heterocycles. The molecule has 10 aliphatic carbocycles. The summed E-state index contributed by atoms with van der Waals surface area (Å²) in [7, 11) is -6.01. The Hall–Kier alpha value is -1.98. The van der Waals surface area contributed by atoms with Gasteiger partial charge in [0.1, 0.15) is 18.8 Å². The van der Waals surface area contributed by atoms with Crippen molar-refractivity contribution in [1.82, 2.24) is 0 Å². The Bertz CT molecular complexity index is 1690. The van der Waals surface area contributed by atoms with Crippen LogP contribution in [0.15, 0.2) is 0 Å². The fraction of sp³-hybridized carbons (Fsp3) is 0.914. The van der Waals surface area contributed by atoms with Crippen molar-refractivity contribution in [1.29, 1.82) is 0 Å². The minimum atomic E-state index is -6.01. The van der Waals surface area contributed by atoms with Crippen molar-refractivity contribution in [3.63, 3.8) is 0 Å². The standard InChI is InChI=1S/C35H44F2O13S/c36-35(37,51(43,44)45)27(40)50-32-8-21-23(10-32)34(24(21)11-32)48-16-28(17-49-34,15-47-26(39)30-6-20-7-33(42,13-30)22(20)9-30)14-46-25(38)29-2-18-1-19(3-29)5-31(41,4-18)12-29/h18-24,41-42H,1-17H2,(H,43,44,45). The summed E-state index contributed by atoms with van der Waals surface area (Å²) in [5, 5.41) is 17.1. The van der Waals surface area contributed by atoms with Crippen LogP contribution in [-0.2, 0) is 48.2 Å². The zero-order valence-corrected chi connectivity index (χ0v) is 29.0. The first-order valence-electron chi connectivity index (χ1n) is 18.4. The van der Waals surface area contributed by atoms with E-state index >= 15 is 0 Å². The summed E-state index contributed by atoms with van der Waals surface area (Å²) in [6.45, 7) is -0.327. The first kappa shape index (κ1) is 33.6. The lowest BCUT2D eigenvalue weighted by Crippen LogP contribution is -2.70. The molecule has 11 aliphatic rings. The van der Waals surface area contributed by atoms with E-state index in [1.54, 1.807) is 0 Å². The van der Waals surface area contributed by atoms with E-state index in [1.165, 1.54) is 0 Å². The molecule has 8 atom stereocenters. The molecular weight excluding hydrogens is 698 g/mol. The lowest BCUT2D eigenvalue weighted by molar-refractivity contribution is -0.414. The Morgan fingerprint density at radius 2 is 1.35 bits per heavy atom. The fourth-order valence-electron chi connectivity index (χ4n) is 14.1. The van der Waals surface area contributed by atoms with Crippen LogP contribution in [0.4, 0.5) is 8.78 Å². The van der Waals surface area contributed by atoms with Crippen molar-refractivity contribution in [3.8, 4) is 0 Å². The van der Waals surface area contributed by atoms with Crippen LogP contribution in [0.3, 0.4) is 0 Å². The molecule has 8 bridgehead atoms. The third-order valence-electron chi connectivity index (χ3n) is 15.6. The van der Waals surface area contributed by atoms with Crippen molar-refractivity contribution in [3.05, 3.63) is 0 Å². The summed E-state index contributed by atoms with van der Waals surface area (Å²) >= 11 is 0. The number of halogens is 2. The Labute approximate surface area is 293 Å². The van der Waals surface area contributed by atoms with E-state index in [2.05, 4.69) is 0 Å². The van der Waals surface area contributed by atoms with E-state index in [0.29, 0.717) is 63.7 Å². The number of alkyl halides is 2. The van der Waals surface area contributed by atoms with Gasteiger partial charge >= 0.3 is 33.3 Å². The van der Waals surface area contributed by atoms with Crippen LogP contribution in [0.2, 0.25) is 0 Å². The van der Waals surface area contributed by atoms with Crippen molar-refractivity contribution in [2.24, 2.45) is 57.7 Å². The number of rotatable bonds is 9. The van der Waals surface area contributed by atoms with Gasteiger partial charge in [-0.05, 0) is 113 Å². The zero-order chi connectivity index (χ0) is 35.8. The van der Waals surface area contributed by atoms with Gasteiger partial charge in [0.15, 0.2) is 5.79 Å². The maximum Gasteiger partial charge on any atom is 0.465 e. The van der Waals surface area contributed by atoms with Gasteiger partial charge in [0.25, 0.3) is 0 Å². The van der Waals surface area contributed by atoms with Gasteiger partial charge in [0.05, 0.1) is 40.7 Å². The zero-order valence-electron chi connectivity index (χ0n) is 28.2. The van der Waals surface area contributed by atoms with E-state index < -0.39 is 60.2 Å². The van der Waals surface area contributed by atoms with Gasteiger partial charge in [0, 0.05) is 11.8 Å². The average Bonchev–Trinajstić information content (AvgIpc) is 3.73. The highest BCUT2D eigenvalue weighted by Gasteiger charge is 2.79. The van der Waals surface area contributed by atoms with Gasteiger partial charge in [-0.2, -0.15) is 17.2 Å². The fourth-order valence-corrected chi connectivity index (χ4v) is 14.3. The molecule has 51 heavy (non-hydrogen) atoms. The molecule has 1 aliphatic heterocycles. The number of esters is 3. The van der Waals surface area contributed by atoms with Crippen molar-refractivity contribution < 1.29 is 70.0 Å². The average molecular weight is 743 g/mol. The van der Waals surface area contributed by atoms with Crippen LogP contribution in [0.25, 0.3) is 0 Å². The Balaban J connectivity index is 0.845. The number of hydrogen-bond acceptors (Lipinski definition) is 12. The van der Waals surface area contributed by atoms with E-state index in [9.17, 15) is 41.8 Å². The molecule has 13 nitrogen and oxygen atoms in total. The minimum Gasteiger partial charge on any atom is -0.464 e. The van der Waals surface area contributed by atoms with E-state index in [0.717, 1.165) is 6.42 Å². The summed E-state index contributed by atoms with van der Waals surface area (Å²) in [5.74, 6) is -4.02. The third kappa shape index (κ3) is 4.40. The second kappa shape index (κ2) is 9.81. The largest absolute Gasteiger partial charge is 0.465 e. The van der Waals surface area contributed by atoms with Crippen LogP contribution < -0.4 is 0 Å². The maximum absolute atomic E-state index is 14.1. The topological polar surface area (TPSA) is 192 Å². The molecule has 282 valence electrons. The summed E-state index contributed by atoms with van der Waals surface area (Å²) in [4.78, 5) is 39.8. The second-order valence-electron chi connectivity index (χ2n) is 19.0. The molecule has 0 aromatic rings. The van der Waals surface area contributed by atoms with Gasteiger partial charge in [-0.1, -0.05) is 0 Å². The monoisotopic (exact) mass is 742 g/mol. The number of carbonyl (C=O) groups is 3. The molecule has 11 rings (SSSR count). The summed E-state index contributed by atoms with van der Waals surface area (Å²) in [6, 6.07) is 0. The lowest BCUT2D eigenvalue weighted by atomic mass is 9.48. The van der Waals surface area contributed by atoms with Crippen LogP contribution in [0.1, 0.15) is 83.5 Å². The molecule has 10 saturated carbocycles. The van der Waals surface area contributed by atoms with Gasteiger partial charge in [-0.3, -0.25) is 14.1 Å². The third-order valence-corrected chi connectivity index (χ3v) is 16.5. The SMILES string of the molecule is O=C(OCC1(COC(=O)C23CC4CC(O)(C2)C4C3)COC2(OC1)C1CC3(OC(=O)C(F)(F)S(=O)(=O)O)CC1C2C3)C12CC3CC(CC(O)(C3)C1)C2. The smallest absolute Gasteiger partial charge is 0.464 e. The summed E-state index contributed by atoms with van der Waals surface area (Å²) in [5.41, 5.74) is -5.59. The molecule has 0 amide bonds. The predicted octanol–water partition coefficient (Wildman–Crippen LogP) is 2.51. The number of fused-ring (bicyclic) bond motifs is 4. The number of aliphatic hydroxyl groups is 2. The highest BCUT2D eigenvalue weighted by atomic mass is 32.2. The number of carbonyl (C=O) groups excluding carboxylic acids is 3. The lowest BCUT2D eigenvalue weighted by Gasteiger charge is -2.62. The first-order valence-corrected chi connectivity index (χ1v) is 19.9. The number of ether oxygens (including phenoxy) is 5. The summed E-state index contributed by atoms with van der Waals surface area (Å²) < 4.78 is 89.5. The minimum absolute atomic E-state index is 0.00866. The molecule has 3 N–H and O–H groups in total. The molecule has 1 heterocycles. The molecule has 8 unspecified atom stereocenters. The highest BCUT2D eigenvalue weighted by Crippen LogP contribution is 2.74. The van der Waals surface area contributed by atoms with Crippen molar-refractivity contribution >= 4 is 28.0 Å². The van der Waals surface area contributed by atoms with Gasteiger partial charge in [0.2, 0.25) is 0 Å². The van der Waals surface area contributed by atoms with Crippen LogP contribution in [0, 0.1) is 57.7 Å². The maximum atomic E-state index is 14.1. The van der Waals surface area contributed by atoms with Crippen molar-refractivity contribution in [2.75, 3.05) is 26.4 Å². The van der Waals surface area contributed by atoms with Crippen molar-refractivity contribution in [2.45, 2.75) is 111 Å². The molecule has 16 heteroatoms. The second-order valence-corrected chi connectivity index (χ2v) is 20.5. The Morgan fingerprint density at radius 3 is 1.86 bits per heavy atom.